The predicted octanol–water partition coefficient (Wildman–Crippen LogP) is -0.855. The Labute approximate surface area is 101 Å². The van der Waals surface area contributed by atoms with Crippen molar-refractivity contribution in [3.05, 3.63) is 0 Å². The monoisotopic (exact) mass is 262 g/mol. The molecule has 1 fully saturated rings. The minimum Gasteiger partial charge on any atom is -0.369 e. The first kappa shape index (κ1) is 14.0. The van der Waals surface area contributed by atoms with E-state index in [9.17, 15) is 18.0 Å². The Hall–Kier alpha value is -1.11. The van der Waals surface area contributed by atoms with Gasteiger partial charge >= 0.3 is 0 Å². The van der Waals surface area contributed by atoms with Gasteiger partial charge in [-0.3, -0.25) is 9.59 Å². The molecule has 0 aliphatic carbocycles. The van der Waals surface area contributed by atoms with Gasteiger partial charge in [0.2, 0.25) is 11.8 Å². The van der Waals surface area contributed by atoms with Crippen molar-refractivity contribution in [3.63, 3.8) is 0 Å². The molecule has 6 nitrogen and oxygen atoms in total. The van der Waals surface area contributed by atoms with Crippen LogP contribution < -0.4 is 5.73 Å². The molecule has 1 aliphatic rings. The van der Waals surface area contributed by atoms with Crippen molar-refractivity contribution in [1.82, 2.24) is 4.90 Å². The van der Waals surface area contributed by atoms with Gasteiger partial charge in [0.1, 0.15) is 9.84 Å². The zero-order valence-corrected chi connectivity index (χ0v) is 10.7. The van der Waals surface area contributed by atoms with Gasteiger partial charge in [-0.15, -0.1) is 0 Å². The summed E-state index contributed by atoms with van der Waals surface area (Å²) < 4.78 is 21.9. The summed E-state index contributed by atoms with van der Waals surface area (Å²) in [5, 5.41) is 0. The van der Waals surface area contributed by atoms with E-state index in [0.717, 1.165) is 6.26 Å². The van der Waals surface area contributed by atoms with Gasteiger partial charge in [0.15, 0.2) is 0 Å². The van der Waals surface area contributed by atoms with Crippen molar-refractivity contribution in [2.24, 2.45) is 11.7 Å². The molecular weight excluding hydrogens is 244 g/mol. The highest BCUT2D eigenvalue weighted by molar-refractivity contribution is 7.90. The standard InChI is InChI=1S/C10H18N2O4S/c1-17(15,16)7-4-9(13)12-5-2-8(3-6-12)10(11)14/h8H,2-7H2,1H3,(H2,11,14). The summed E-state index contributed by atoms with van der Waals surface area (Å²) in [4.78, 5) is 24.2. The van der Waals surface area contributed by atoms with E-state index in [2.05, 4.69) is 0 Å². The fourth-order valence-electron chi connectivity index (χ4n) is 1.84. The van der Waals surface area contributed by atoms with Crippen LogP contribution in [-0.2, 0) is 19.4 Å². The van der Waals surface area contributed by atoms with Crippen LogP contribution in [0.5, 0.6) is 0 Å². The molecule has 0 bridgehead atoms. The van der Waals surface area contributed by atoms with E-state index in [1.54, 1.807) is 4.90 Å². The SMILES string of the molecule is CS(=O)(=O)CCC(=O)N1CCC(C(N)=O)CC1. The molecule has 0 spiro atoms. The van der Waals surface area contributed by atoms with E-state index in [0.29, 0.717) is 25.9 Å². The fourth-order valence-corrected chi connectivity index (χ4v) is 2.39. The molecule has 1 rings (SSSR count). The molecule has 98 valence electrons. The molecule has 0 saturated carbocycles. The molecule has 0 aromatic heterocycles. The van der Waals surface area contributed by atoms with E-state index in [-0.39, 0.29) is 29.9 Å². The summed E-state index contributed by atoms with van der Waals surface area (Å²) in [6.07, 6.45) is 2.26. The van der Waals surface area contributed by atoms with Crippen molar-refractivity contribution >= 4 is 21.7 Å². The fraction of sp³-hybridized carbons (Fsp3) is 0.800. The number of primary amides is 1. The second kappa shape index (κ2) is 5.48. The lowest BCUT2D eigenvalue weighted by Crippen LogP contribution is -2.42. The maximum atomic E-state index is 11.7. The summed E-state index contributed by atoms with van der Waals surface area (Å²) >= 11 is 0. The second-order valence-electron chi connectivity index (χ2n) is 4.44. The van der Waals surface area contributed by atoms with E-state index >= 15 is 0 Å². The van der Waals surface area contributed by atoms with Crippen LogP contribution in [0.3, 0.4) is 0 Å². The van der Waals surface area contributed by atoms with Gasteiger partial charge in [-0.2, -0.15) is 0 Å². The van der Waals surface area contributed by atoms with Crippen LogP contribution in [-0.4, -0.2) is 50.2 Å². The molecule has 1 saturated heterocycles. The molecular formula is C10H18N2O4S. The number of carbonyl (C=O) groups excluding carboxylic acids is 2. The topological polar surface area (TPSA) is 97.5 Å². The molecule has 17 heavy (non-hydrogen) atoms. The summed E-state index contributed by atoms with van der Waals surface area (Å²) in [7, 11) is -3.10. The third-order valence-corrected chi connectivity index (χ3v) is 3.88. The largest absolute Gasteiger partial charge is 0.369 e. The Morgan fingerprint density at radius 2 is 1.82 bits per heavy atom. The molecule has 0 aromatic rings. The van der Waals surface area contributed by atoms with E-state index in [1.807, 2.05) is 0 Å². The number of hydrogen-bond donors (Lipinski definition) is 1. The van der Waals surface area contributed by atoms with Crippen molar-refractivity contribution in [2.45, 2.75) is 19.3 Å². The third-order valence-electron chi connectivity index (χ3n) is 2.94. The number of hydrogen-bond acceptors (Lipinski definition) is 4. The minimum atomic E-state index is -3.10. The average Bonchev–Trinajstić information content (AvgIpc) is 2.25. The first-order valence-electron chi connectivity index (χ1n) is 5.54. The van der Waals surface area contributed by atoms with Gasteiger partial charge in [0.05, 0.1) is 5.75 Å². The van der Waals surface area contributed by atoms with Crippen LogP contribution >= 0.6 is 0 Å². The second-order valence-corrected chi connectivity index (χ2v) is 6.70. The van der Waals surface area contributed by atoms with Crippen LogP contribution in [0.15, 0.2) is 0 Å². The molecule has 0 aromatic carbocycles. The van der Waals surface area contributed by atoms with Crippen molar-refractivity contribution in [1.29, 1.82) is 0 Å². The lowest BCUT2D eigenvalue weighted by molar-refractivity contribution is -0.134. The number of sulfone groups is 1. The van der Waals surface area contributed by atoms with Crippen LogP contribution in [0.25, 0.3) is 0 Å². The Balaban J connectivity index is 2.38. The van der Waals surface area contributed by atoms with Gasteiger partial charge in [0, 0.05) is 31.7 Å². The van der Waals surface area contributed by atoms with E-state index < -0.39 is 9.84 Å². The summed E-state index contributed by atoms with van der Waals surface area (Å²) in [5.74, 6) is -0.776. The van der Waals surface area contributed by atoms with Crippen molar-refractivity contribution < 1.29 is 18.0 Å². The van der Waals surface area contributed by atoms with Gasteiger partial charge in [-0.1, -0.05) is 0 Å². The van der Waals surface area contributed by atoms with Gasteiger partial charge < -0.3 is 10.6 Å². The Bertz CT molecular complexity index is 397. The van der Waals surface area contributed by atoms with Crippen LogP contribution in [0.1, 0.15) is 19.3 Å². The summed E-state index contributed by atoms with van der Waals surface area (Å²) in [5.41, 5.74) is 5.18. The molecule has 7 heteroatoms. The van der Waals surface area contributed by atoms with E-state index in [4.69, 9.17) is 5.73 Å². The molecule has 1 heterocycles. The Morgan fingerprint density at radius 1 is 1.29 bits per heavy atom. The highest BCUT2D eigenvalue weighted by Gasteiger charge is 2.25. The van der Waals surface area contributed by atoms with E-state index in [1.165, 1.54) is 0 Å². The van der Waals surface area contributed by atoms with Crippen LogP contribution in [0.2, 0.25) is 0 Å². The summed E-state index contributed by atoms with van der Waals surface area (Å²) in [6, 6.07) is 0. The number of carbonyl (C=O) groups is 2. The summed E-state index contributed by atoms with van der Waals surface area (Å²) in [6.45, 7) is 0.965. The highest BCUT2D eigenvalue weighted by Crippen LogP contribution is 2.17. The average molecular weight is 262 g/mol. The highest BCUT2D eigenvalue weighted by atomic mass is 32.2. The molecule has 2 N–H and O–H groups in total. The maximum Gasteiger partial charge on any atom is 0.223 e. The Morgan fingerprint density at radius 3 is 2.24 bits per heavy atom. The molecule has 2 amide bonds. The first-order chi connectivity index (χ1) is 7.79. The molecule has 0 unspecified atom stereocenters. The number of rotatable bonds is 4. The number of likely N-dealkylation sites (tertiary alicyclic amines) is 1. The quantitative estimate of drug-likeness (QED) is 0.713. The van der Waals surface area contributed by atoms with Crippen molar-refractivity contribution in [2.75, 3.05) is 25.1 Å². The normalized spacial score (nSPS) is 18.1. The third kappa shape index (κ3) is 4.72. The number of amides is 2. The van der Waals surface area contributed by atoms with Gasteiger partial charge in [-0.25, -0.2) is 8.42 Å². The predicted molar refractivity (Wildman–Crippen MR) is 62.8 cm³/mol. The molecule has 1 aliphatic heterocycles. The zero-order valence-electron chi connectivity index (χ0n) is 9.89. The number of piperidine rings is 1. The maximum absolute atomic E-state index is 11.7. The number of nitrogens with zero attached hydrogens (tertiary/aromatic N) is 1. The number of nitrogens with two attached hydrogens (primary N) is 1. The lowest BCUT2D eigenvalue weighted by atomic mass is 9.96. The van der Waals surface area contributed by atoms with Crippen molar-refractivity contribution in [3.8, 4) is 0 Å². The van der Waals surface area contributed by atoms with Gasteiger partial charge in [0.25, 0.3) is 0 Å². The van der Waals surface area contributed by atoms with Gasteiger partial charge in [-0.05, 0) is 12.8 Å². The Kier molecular flexibility index (Phi) is 4.50. The minimum absolute atomic E-state index is 0.0140. The molecule has 0 radical (unpaired) electrons. The van der Waals surface area contributed by atoms with Crippen LogP contribution in [0, 0.1) is 5.92 Å². The lowest BCUT2D eigenvalue weighted by Gasteiger charge is -2.30. The van der Waals surface area contributed by atoms with Crippen LogP contribution in [0.4, 0.5) is 0 Å². The molecule has 0 atom stereocenters. The smallest absolute Gasteiger partial charge is 0.223 e. The first-order valence-corrected chi connectivity index (χ1v) is 7.60. The zero-order chi connectivity index (χ0) is 13.1.